The second-order valence-corrected chi connectivity index (χ2v) is 4.89. The highest BCUT2D eigenvalue weighted by Crippen LogP contribution is 2.49. The molecule has 3 N–H and O–H groups in total. The zero-order valence-corrected chi connectivity index (χ0v) is 9.97. The molecule has 0 amide bonds. The van der Waals surface area contributed by atoms with Crippen molar-refractivity contribution in [2.45, 2.75) is 25.3 Å². The SMILES string of the molecule is CNCC1(C(N)c2cc(F)ccc2F)CCC1. The molecule has 1 unspecified atom stereocenters. The standard InChI is InChI=1S/C13H18F2N2/c1-17-8-13(5-2-6-13)12(16)10-7-9(14)3-4-11(10)15/h3-4,7,12,17H,2,5-6,8,16H2,1H3. The van der Waals surface area contributed by atoms with Gasteiger partial charge in [-0.3, -0.25) is 0 Å². The Morgan fingerprint density at radius 2 is 2.12 bits per heavy atom. The Labute approximate surface area is 100 Å². The fourth-order valence-corrected chi connectivity index (χ4v) is 2.66. The number of nitrogens with two attached hydrogens (primary N) is 1. The van der Waals surface area contributed by atoms with Gasteiger partial charge >= 0.3 is 0 Å². The predicted octanol–water partition coefficient (Wildman–Crippen LogP) is 2.35. The van der Waals surface area contributed by atoms with Crippen LogP contribution in [0.4, 0.5) is 8.78 Å². The number of benzene rings is 1. The van der Waals surface area contributed by atoms with E-state index in [1.165, 1.54) is 6.07 Å². The van der Waals surface area contributed by atoms with Crippen LogP contribution in [0.15, 0.2) is 18.2 Å². The average molecular weight is 240 g/mol. The summed E-state index contributed by atoms with van der Waals surface area (Å²) in [4.78, 5) is 0. The highest BCUT2D eigenvalue weighted by Gasteiger charge is 2.43. The normalized spacial score (nSPS) is 19.8. The van der Waals surface area contributed by atoms with Crippen molar-refractivity contribution in [2.75, 3.05) is 13.6 Å². The maximum absolute atomic E-state index is 13.7. The smallest absolute Gasteiger partial charge is 0.128 e. The van der Waals surface area contributed by atoms with Crippen LogP contribution >= 0.6 is 0 Å². The molecule has 1 aromatic rings. The van der Waals surface area contributed by atoms with Crippen molar-refractivity contribution in [3.05, 3.63) is 35.4 Å². The van der Waals surface area contributed by atoms with E-state index in [-0.39, 0.29) is 5.41 Å². The summed E-state index contributed by atoms with van der Waals surface area (Å²) >= 11 is 0. The molecule has 1 fully saturated rings. The Morgan fingerprint density at radius 1 is 1.41 bits per heavy atom. The predicted molar refractivity (Wildman–Crippen MR) is 63.5 cm³/mol. The van der Waals surface area contributed by atoms with Gasteiger partial charge in [-0.2, -0.15) is 0 Å². The molecule has 4 heteroatoms. The minimum Gasteiger partial charge on any atom is -0.323 e. The van der Waals surface area contributed by atoms with Gasteiger partial charge in [0.05, 0.1) is 0 Å². The molecule has 1 aliphatic rings. The second kappa shape index (κ2) is 4.70. The Kier molecular flexibility index (Phi) is 3.45. The van der Waals surface area contributed by atoms with E-state index in [0.717, 1.165) is 37.9 Å². The van der Waals surface area contributed by atoms with E-state index < -0.39 is 17.7 Å². The number of hydrogen-bond acceptors (Lipinski definition) is 2. The molecule has 1 aromatic carbocycles. The van der Waals surface area contributed by atoms with Crippen molar-refractivity contribution in [2.24, 2.45) is 11.1 Å². The van der Waals surface area contributed by atoms with E-state index >= 15 is 0 Å². The maximum atomic E-state index is 13.7. The lowest BCUT2D eigenvalue weighted by Gasteiger charge is -2.46. The number of nitrogens with one attached hydrogen (secondary N) is 1. The highest BCUT2D eigenvalue weighted by molar-refractivity contribution is 5.25. The topological polar surface area (TPSA) is 38.0 Å². The quantitative estimate of drug-likeness (QED) is 0.847. The van der Waals surface area contributed by atoms with Gasteiger partial charge in [-0.1, -0.05) is 6.42 Å². The minimum absolute atomic E-state index is 0.122. The van der Waals surface area contributed by atoms with Crippen LogP contribution in [0.5, 0.6) is 0 Å². The van der Waals surface area contributed by atoms with Gasteiger partial charge in [-0.15, -0.1) is 0 Å². The van der Waals surface area contributed by atoms with E-state index in [1.54, 1.807) is 0 Å². The van der Waals surface area contributed by atoms with E-state index in [9.17, 15) is 8.78 Å². The van der Waals surface area contributed by atoms with Crippen molar-refractivity contribution in [3.63, 3.8) is 0 Å². The Balaban J connectivity index is 2.29. The third-order valence-electron chi connectivity index (χ3n) is 3.83. The first kappa shape index (κ1) is 12.5. The van der Waals surface area contributed by atoms with Gasteiger partial charge in [-0.05, 0) is 38.1 Å². The molecule has 0 saturated heterocycles. The zero-order valence-electron chi connectivity index (χ0n) is 9.97. The zero-order chi connectivity index (χ0) is 12.5. The van der Waals surface area contributed by atoms with Crippen LogP contribution in [0.3, 0.4) is 0 Å². The first-order valence-corrected chi connectivity index (χ1v) is 5.94. The van der Waals surface area contributed by atoms with E-state index in [0.29, 0.717) is 5.56 Å². The summed E-state index contributed by atoms with van der Waals surface area (Å²) in [5.74, 6) is -0.850. The lowest BCUT2D eigenvalue weighted by atomic mass is 9.62. The van der Waals surface area contributed by atoms with Gasteiger partial charge in [0, 0.05) is 23.6 Å². The van der Waals surface area contributed by atoms with Crippen molar-refractivity contribution >= 4 is 0 Å². The third-order valence-corrected chi connectivity index (χ3v) is 3.83. The molecule has 2 rings (SSSR count). The molecule has 1 aliphatic carbocycles. The van der Waals surface area contributed by atoms with Gasteiger partial charge in [0.1, 0.15) is 11.6 Å². The summed E-state index contributed by atoms with van der Waals surface area (Å²) in [6.45, 7) is 0.740. The summed E-state index contributed by atoms with van der Waals surface area (Å²) < 4.78 is 26.8. The molecule has 94 valence electrons. The van der Waals surface area contributed by atoms with E-state index in [4.69, 9.17) is 5.73 Å². The first-order chi connectivity index (χ1) is 8.09. The fraction of sp³-hybridized carbons (Fsp3) is 0.538. The van der Waals surface area contributed by atoms with Crippen LogP contribution in [0.1, 0.15) is 30.9 Å². The lowest BCUT2D eigenvalue weighted by Crippen LogP contribution is -2.47. The molecule has 1 saturated carbocycles. The van der Waals surface area contributed by atoms with Crippen molar-refractivity contribution < 1.29 is 8.78 Å². The average Bonchev–Trinajstić information content (AvgIpc) is 2.26. The third kappa shape index (κ3) is 2.19. The second-order valence-electron chi connectivity index (χ2n) is 4.89. The lowest BCUT2D eigenvalue weighted by molar-refractivity contribution is 0.0928. The van der Waals surface area contributed by atoms with Gasteiger partial charge < -0.3 is 11.1 Å². The van der Waals surface area contributed by atoms with E-state index in [2.05, 4.69) is 5.32 Å². The monoisotopic (exact) mass is 240 g/mol. The summed E-state index contributed by atoms with van der Waals surface area (Å²) in [6, 6.07) is 3.04. The molecular formula is C13H18F2N2. The molecule has 0 heterocycles. The number of hydrogen-bond donors (Lipinski definition) is 2. The minimum atomic E-state index is -0.445. The van der Waals surface area contributed by atoms with E-state index in [1.807, 2.05) is 7.05 Å². The van der Waals surface area contributed by atoms with Crippen molar-refractivity contribution in [1.82, 2.24) is 5.32 Å². The van der Waals surface area contributed by atoms with Crippen LogP contribution in [0.25, 0.3) is 0 Å². The van der Waals surface area contributed by atoms with Crippen LogP contribution < -0.4 is 11.1 Å². The molecule has 0 aromatic heterocycles. The van der Waals surface area contributed by atoms with Crippen LogP contribution in [-0.4, -0.2) is 13.6 Å². The highest BCUT2D eigenvalue weighted by atomic mass is 19.1. The summed E-state index contributed by atoms with van der Waals surface area (Å²) in [5.41, 5.74) is 6.31. The van der Waals surface area contributed by atoms with Crippen molar-refractivity contribution in [1.29, 1.82) is 0 Å². The number of rotatable bonds is 4. The van der Waals surface area contributed by atoms with Gasteiger partial charge in [0.15, 0.2) is 0 Å². The van der Waals surface area contributed by atoms with Crippen LogP contribution in [0.2, 0.25) is 0 Å². The Hall–Kier alpha value is -1.00. The molecule has 0 radical (unpaired) electrons. The summed E-state index contributed by atoms with van der Waals surface area (Å²) in [6.07, 6.45) is 3.03. The molecule has 0 bridgehead atoms. The molecule has 0 aliphatic heterocycles. The van der Waals surface area contributed by atoms with Gasteiger partial charge in [0.25, 0.3) is 0 Å². The summed E-state index contributed by atoms with van der Waals surface area (Å²) in [5, 5.41) is 3.10. The van der Waals surface area contributed by atoms with Crippen LogP contribution in [0, 0.1) is 17.0 Å². The number of halogens is 2. The molecule has 2 nitrogen and oxygen atoms in total. The van der Waals surface area contributed by atoms with Gasteiger partial charge in [0.2, 0.25) is 0 Å². The largest absolute Gasteiger partial charge is 0.323 e. The fourth-order valence-electron chi connectivity index (χ4n) is 2.66. The van der Waals surface area contributed by atoms with Crippen molar-refractivity contribution in [3.8, 4) is 0 Å². The van der Waals surface area contributed by atoms with Gasteiger partial charge in [-0.25, -0.2) is 8.78 Å². The maximum Gasteiger partial charge on any atom is 0.128 e. The molecule has 17 heavy (non-hydrogen) atoms. The first-order valence-electron chi connectivity index (χ1n) is 5.94. The molecule has 1 atom stereocenters. The van der Waals surface area contributed by atoms with Crippen LogP contribution in [-0.2, 0) is 0 Å². The Morgan fingerprint density at radius 3 is 2.65 bits per heavy atom. The summed E-state index contributed by atoms with van der Waals surface area (Å²) in [7, 11) is 1.86. The molecular weight excluding hydrogens is 222 g/mol. The molecule has 0 spiro atoms. The Bertz CT molecular complexity index is 402.